The molecule has 2 rings (SSSR count). The molecule has 2 aromatic carbocycles. The van der Waals surface area contributed by atoms with Gasteiger partial charge in [0.1, 0.15) is 11.5 Å². The Morgan fingerprint density at radius 1 is 0.579 bits per heavy atom. The van der Waals surface area contributed by atoms with E-state index < -0.39 is 5.75 Å². The second-order valence-corrected chi connectivity index (χ2v) is 4.34. The summed E-state index contributed by atoms with van der Waals surface area (Å²) in [7, 11) is 0. The Morgan fingerprint density at radius 2 is 1.00 bits per heavy atom. The summed E-state index contributed by atoms with van der Waals surface area (Å²) in [4.78, 5) is 0. The van der Waals surface area contributed by atoms with Crippen LogP contribution in [0.1, 0.15) is 11.1 Å². The van der Waals surface area contributed by atoms with Crippen LogP contribution in [0.5, 0.6) is 28.7 Å². The first-order valence-electron chi connectivity index (χ1n) is 5.71. The minimum atomic E-state index is -0.543. The van der Waals surface area contributed by atoms with Gasteiger partial charge < -0.3 is 25.5 Å². The Balaban J connectivity index is 2.14. The fraction of sp³-hybridized carbons (Fsp3) is 0.143. The number of hydrogen-bond acceptors (Lipinski definition) is 5. The van der Waals surface area contributed by atoms with Crippen molar-refractivity contribution < 1.29 is 25.5 Å². The lowest BCUT2D eigenvalue weighted by Crippen LogP contribution is -1.91. The molecule has 19 heavy (non-hydrogen) atoms. The van der Waals surface area contributed by atoms with Crippen LogP contribution in [0.2, 0.25) is 0 Å². The van der Waals surface area contributed by atoms with Gasteiger partial charge in [-0.2, -0.15) is 0 Å². The number of benzene rings is 2. The smallest absolute Gasteiger partial charge is 0.200 e. The average molecular weight is 262 g/mol. The van der Waals surface area contributed by atoms with Gasteiger partial charge in [0.2, 0.25) is 0 Å². The van der Waals surface area contributed by atoms with E-state index >= 15 is 0 Å². The lowest BCUT2D eigenvalue weighted by Gasteiger charge is -2.07. The minimum Gasteiger partial charge on any atom is -0.508 e. The average Bonchev–Trinajstić information content (AvgIpc) is 2.32. The van der Waals surface area contributed by atoms with Gasteiger partial charge in [-0.1, -0.05) is 0 Å². The Morgan fingerprint density at radius 3 is 1.47 bits per heavy atom. The fourth-order valence-electron chi connectivity index (χ4n) is 1.89. The maximum Gasteiger partial charge on any atom is 0.200 e. The van der Waals surface area contributed by atoms with Gasteiger partial charge in [0, 0.05) is 6.07 Å². The molecule has 5 N–H and O–H groups in total. The molecule has 0 aliphatic rings. The van der Waals surface area contributed by atoms with E-state index in [9.17, 15) is 25.5 Å². The van der Waals surface area contributed by atoms with E-state index in [-0.39, 0.29) is 23.0 Å². The van der Waals surface area contributed by atoms with Gasteiger partial charge >= 0.3 is 0 Å². The van der Waals surface area contributed by atoms with Crippen LogP contribution in [0.25, 0.3) is 0 Å². The maximum absolute atomic E-state index is 9.38. The zero-order valence-corrected chi connectivity index (χ0v) is 10.0. The van der Waals surface area contributed by atoms with Crippen molar-refractivity contribution in [2.24, 2.45) is 0 Å². The van der Waals surface area contributed by atoms with E-state index in [2.05, 4.69) is 0 Å². The van der Waals surface area contributed by atoms with Gasteiger partial charge in [0.25, 0.3) is 0 Å². The van der Waals surface area contributed by atoms with Gasteiger partial charge in [-0.05, 0) is 48.2 Å². The van der Waals surface area contributed by atoms with E-state index in [1.807, 2.05) is 0 Å². The van der Waals surface area contributed by atoms with Crippen LogP contribution in [0.15, 0.2) is 30.3 Å². The fourth-order valence-corrected chi connectivity index (χ4v) is 1.89. The van der Waals surface area contributed by atoms with Crippen molar-refractivity contribution in [3.63, 3.8) is 0 Å². The molecule has 2 aromatic rings. The summed E-state index contributed by atoms with van der Waals surface area (Å²) >= 11 is 0. The molecule has 0 amide bonds. The Labute approximate surface area is 109 Å². The standard InChI is InChI=1S/C14H14O5/c15-10-3-8(4-11(16)7-10)1-2-9-5-12(17)14(19)13(18)6-9/h3-7,15-19H,1-2H2. The molecule has 0 radical (unpaired) electrons. The molecule has 0 saturated heterocycles. The lowest BCUT2D eigenvalue weighted by molar-refractivity contribution is 0.367. The van der Waals surface area contributed by atoms with E-state index in [0.29, 0.717) is 18.4 Å². The highest BCUT2D eigenvalue weighted by Crippen LogP contribution is 2.35. The molecule has 0 spiro atoms. The van der Waals surface area contributed by atoms with E-state index in [1.165, 1.54) is 30.3 Å². The van der Waals surface area contributed by atoms with Crippen molar-refractivity contribution in [2.75, 3.05) is 0 Å². The van der Waals surface area contributed by atoms with Crippen LogP contribution >= 0.6 is 0 Å². The largest absolute Gasteiger partial charge is 0.508 e. The number of phenols is 5. The van der Waals surface area contributed by atoms with Gasteiger partial charge in [-0.3, -0.25) is 0 Å². The van der Waals surface area contributed by atoms with E-state index in [1.54, 1.807) is 0 Å². The highest BCUT2D eigenvalue weighted by molar-refractivity contribution is 5.51. The summed E-state index contributed by atoms with van der Waals surface area (Å²) in [6, 6.07) is 7.01. The highest BCUT2D eigenvalue weighted by Gasteiger charge is 2.08. The van der Waals surface area contributed by atoms with Crippen molar-refractivity contribution in [3.05, 3.63) is 41.5 Å². The third-order valence-corrected chi connectivity index (χ3v) is 2.79. The third kappa shape index (κ3) is 3.01. The monoisotopic (exact) mass is 262 g/mol. The van der Waals surface area contributed by atoms with Gasteiger partial charge in [-0.15, -0.1) is 0 Å². The topological polar surface area (TPSA) is 101 Å². The van der Waals surface area contributed by atoms with Crippen molar-refractivity contribution in [1.82, 2.24) is 0 Å². The molecule has 0 atom stereocenters. The summed E-state index contributed by atoms with van der Waals surface area (Å²) in [6.07, 6.45) is 0.982. The summed E-state index contributed by atoms with van der Waals surface area (Å²) in [5.41, 5.74) is 1.36. The Hall–Kier alpha value is -2.56. The number of rotatable bonds is 3. The molecular weight excluding hydrogens is 248 g/mol. The normalized spacial score (nSPS) is 10.5. The quantitative estimate of drug-likeness (QED) is 0.545. The van der Waals surface area contributed by atoms with Crippen LogP contribution < -0.4 is 0 Å². The molecule has 0 aliphatic heterocycles. The molecule has 0 heterocycles. The SMILES string of the molecule is Oc1cc(O)cc(CCc2cc(O)c(O)c(O)c2)c1. The van der Waals surface area contributed by atoms with Gasteiger partial charge in [-0.25, -0.2) is 0 Å². The predicted octanol–water partition coefficient (Wildman–Crippen LogP) is 2.00. The molecule has 5 nitrogen and oxygen atoms in total. The number of aromatic hydroxyl groups is 5. The Kier molecular flexibility index (Phi) is 3.37. The second-order valence-electron chi connectivity index (χ2n) is 4.34. The molecule has 0 unspecified atom stereocenters. The summed E-state index contributed by atoms with van der Waals surface area (Å²) in [6.45, 7) is 0. The zero-order valence-electron chi connectivity index (χ0n) is 10.0. The van der Waals surface area contributed by atoms with Gasteiger partial charge in [0.15, 0.2) is 17.2 Å². The number of phenolic OH excluding ortho intramolecular Hbond substituents is 5. The molecule has 100 valence electrons. The molecule has 0 aliphatic carbocycles. The van der Waals surface area contributed by atoms with Gasteiger partial charge in [0.05, 0.1) is 0 Å². The lowest BCUT2D eigenvalue weighted by atomic mass is 10.0. The van der Waals surface area contributed by atoms with Crippen LogP contribution in [0.4, 0.5) is 0 Å². The highest BCUT2D eigenvalue weighted by atomic mass is 16.3. The van der Waals surface area contributed by atoms with Crippen LogP contribution in [-0.2, 0) is 12.8 Å². The molecule has 0 saturated carbocycles. The van der Waals surface area contributed by atoms with E-state index in [4.69, 9.17) is 0 Å². The van der Waals surface area contributed by atoms with Crippen LogP contribution in [0.3, 0.4) is 0 Å². The number of hydrogen-bond donors (Lipinski definition) is 5. The van der Waals surface area contributed by atoms with E-state index in [0.717, 1.165) is 5.56 Å². The zero-order chi connectivity index (χ0) is 14.0. The summed E-state index contributed by atoms with van der Waals surface area (Å²) in [5.74, 6) is -1.35. The first kappa shape index (κ1) is 12.9. The van der Waals surface area contributed by atoms with Crippen molar-refractivity contribution in [1.29, 1.82) is 0 Å². The molecule has 0 fully saturated rings. The first-order chi connectivity index (χ1) is 8.95. The Bertz CT molecular complexity index is 564. The van der Waals surface area contributed by atoms with Crippen molar-refractivity contribution >= 4 is 0 Å². The van der Waals surface area contributed by atoms with Crippen molar-refractivity contribution in [2.45, 2.75) is 12.8 Å². The minimum absolute atomic E-state index is 0.0219. The maximum atomic E-state index is 9.38. The van der Waals surface area contributed by atoms with Crippen LogP contribution in [0, 0.1) is 0 Å². The molecule has 5 heteroatoms. The predicted molar refractivity (Wildman–Crippen MR) is 68.6 cm³/mol. The summed E-state index contributed by atoms with van der Waals surface area (Å²) < 4.78 is 0. The first-order valence-corrected chi connectivity index (χ1v) is 5.71. The number of aryl methyl sites for hydroxylation is 2. The second kappa shape index (κ2) is 4.97. The third-order valence-electron chi connectivity index (χ3n) is 2.79. The van der Waals surface area contributed by atoms with Crippen LogP contribution in [-0.4, -0.2) is 25.5 Å². The van der Waals surface area contributed by atoms with Crippen molar-refractivity contribution in [3.8, 4) is 28.7 Å². The molecule has 0 bridgehead atoms. The summed E-state index contributed by atoms with van der Waals surface area (Å²) in [5, 5.41) is 46.7. The molecular formula is C14H14O5. The molecule has 0 aromatic heterocycles.